The molecule has 0 aliphatic carbocycles. The van der Waals surface area contributed by atoms with Crippen molar-refractivity contribution in [3.8, 4) is 0 Å². The quantitative estimate of drug-likeness (QED) is 0.173. The maximum atomic E-state index is 11.5. The van der Waals surface area contributed by atoms with E-state index in [0.29, 0.717) is 12.8 Å². The number of hydrogen-bond donors (Lipinski definition) is 0. The predicted molar refractivity (Wildman–Crippen MR) is 96.1 cm³/mol. The van der Waals surface area contributed by atoms with Gasteiger partial charge in [0.1, 0.15) is 0 Å². The zero-order valence-electron chi connectivity index (χ0n) is 15.0. The number of unbranched alkanes of at least 4 members (excludes halogenated alkanes) is 6. The summed E-state index contributed by atoms with van der Waals surface area (Å²) in [4.78, 5) is 23.0. The van der Waals surface area contributed by atoms with E-state index in [9.17, 15) is 9.59 Å². The maximum Gasteiger partial charge on any atom is 0.313 e. The van der Waals surface area contributed by atoms with Crippen molar-refractivity contribution in [1.29, 1.82) is 0 Å². The molecule has 0 spiro atoms. The molecule has 0 heterocycles. The van der Waals surface area contributed by atoms with Gasteiger partial charge in [0.25, 0.3) is 0 Å². The van der Waals surface area contributed by atoms with E-state index in [0.717, 1.165) is 38.5 Å². The normalized spacial score (nSPS) is 11.4. The van der Waals surface area contributed by atoms with E-state index in [4.69, 9.17) is 4.74 Å². The molecule has 0 aromatic heterocycles. The lowest BCUT2D eigenvalue weighted by molar-refractivity contribution is -0.159. The van der Waals surface area contributed by atoms with Gasteiger partial charge in [-0.3, -0.25) is 9.59 Å². The number of rotatable bonds is 14. The van der Waals surface area contributed by atoms with Crippen LogP contribution in [-0.4, -0.2) is 11.9 Å². The Balaban J connectivity index is 3.53. The smallest absolute Gasteiger partial charge is 0.313 e. The van der Waals surface area contributed by atoms with Crippen molar-refractivity contribution in [2.75, 3.05) is 0 Å². The summed E-state index contributed by atoms with van der Waals surface area (Å²) in [6.45, 7) is 4.34. The van der Waals surface area contributed by atoms with Gasteiger partial charge in [-0.1, -0.05) is 63.8 Å². The minimum atomic E-state index is -0.393. The Hall–Kier alpha value is -1.38. The van der Waals surface area contributed by atoms with Gasteiger partial charge in [-0.2, -0.15) is 0 Å². The van der Waals surface area contributed by atoms with E-state index >= 15 is 0 Å². The molecule has 3 nitrogen and oxygen atoms in total. The lowest BCUT2D eigenvalue weighted by Crippen LogP contribution is -2.11. The Labute approximate surface area is 142 Å². The van der Waals surface area contributed by atoms with Crippen LogP contribution in [0.2, 0.25) is 0 Å². The number of hydrogen-bond acceptors (Lipinski definition) is 3. The molecule has 0 rings (SSSR count). The van der Waals surface area contributed by atoms with Crippen molar-refractivity contribution in [2.24, 2.45) is 0 Å². The first kappa shape index (κ1) is 21.6. The molecule has 0 atom stereocenters. The Morgan fingerprint density at radius 1 is 0.652 bits per heavy atom. The Morgan fingerprint density at radius 3 is 1.35 bits per heavy atom. The minimum absolute atomic E-state index is 0.320. The monoisotopic (exact) mass is 322 g/mol. The Bertz CT molecular complexity index is 322. The van der Waals surface area contributed by atoms with Gasteiger partial charge >= 0.3 is 11.9 Å². The Morgan fingerprint density at radius 2 is 1.00 bits per heavy atom. The van der Waals surface area contributed by atoms with E-state index in [1.54, 1.807) is 0 Å². The first-order valence-electron chi connectivity index (χ1n) is 9.24. The Kier molecular flexibility index (Phi) is 16.0. The van der Waals surface area contributed by atoms with Crippen LogP contribution in [0.3, 0.4) is 0 Å². The van der Waals surface area contributed by atoms with Crippen LogP contribution in [0.5, 0.6) is 0 Å². The molecule has 0 amide bonds. The van der Waals surface area contributed by atoms with Gasteiger partial charge in [0, 0.05) is 12.8 Å². The van der Waals surface area contributed by atoms with Gasteiger partial charge in [-0.15, -0.1) is 0 Å². The number of esters is 2. The molecular weight excluding hydrogens is 288 g/mol. The van der Waals surface area contributed by atoms with E-state index in [-0.39, 0.29) is 0 Å². The van der Waals surface area contributed by atoms with Crippen LogP contribution in [-0.2, 0) is 14.3 Å². The zero-order valence-corrected chi connectivity index (χ0v) is 15.0. The van der Waals surface area contributed by atoms with Gasteiger partial charge in [0.15, 0.2) is 0 Å². The summed E-state index contributed by atoms with van der Waals surface area (Å²) in [5.41, 5.74) is 0. The van der Waals surface area contributed by atoms with Crippen LogP contribution in [0.15, 0.2) is 24.3 Å². The minimum Gasteiger partial charge on any atom is -0.393 e. The summed E-state index contributed by atoms with van der Waals surface area (Å²) in [6.07, 6.45) is 19.4. The highest BCUT2D eigenvalue weighted by molar-refractivity contribution is 5.85. The first-order chi connectivity index (χ1) is 11.2. The van der Waals surface area contributed by atoms with E-state index in [1.165, 1.54) is 25.7 Å². The standard InChI is InChI=1S/C20H34O3/c1-3-5-7-9-11-13-15-17-19(21)23-20(22)18-16-14-12-10-8-6-4-2/h9-12H,3-8,13-18H2,1-2H3. The number of carbonyl (C=O) groups excluding carboxylic acids is 2. The van der Waals surface area contributed by atoms with Crippen molar-refractivity contribution in [3.05, 3.63) is 24.3 Å². The highest BCUT2D eigenvalue weighted by atomic mass is 16.6. The van der Waals surface area contributed by atoms with Crippen molar-refractivity contribution in [2.45, 2.75) is 90.9 Å². The van der Waals surface area contributed by atoms with Crippen molar-refractivity contribution in [1.82, 2.24) is 0 Å². The van der Waals surface area contributed by atoms with Crippen molar-refractivity contribution >= 4 is 11.9 Å². The van der Waals surface area contributed by atoms with E-state index in [2.05, 4.69) is 38.2 Å². The molecule has 0 fully saturated rings. The highest BCUT2D eigenvalue weighted by Gasteiger charge is 2.09. The predicted octanol–water partition coefficient (Wildman–Crippen LogP) is 5.89. The van der Waals surface area contributed by atoms with E-state index < -0.39 is 11.9 Å². The van der Waals surface area contributed by atoms with Crippen LogP contribution in [0.4, 0.5) is 0 Å². The maximum absolute atomic E-state index is 11.5. The number of carbonyl (C=O) groups is 2. The summed E-state index contributed by atoms with van der Waals surface area (Å²) in [5, 5.41) is 0. The largest absolute Gasteiger partial charge is 0.393 e. The van der Waals surface area contributed by atoms with Gasteiger partial charge in [-0.25, -0.2) is 0 Å². The summed E-state index contributed by atoms with van der Waals surface area (Å²) in [7, 11) is 0. The third-order valence-electron chi connectivity index (χ3n) is 3.51. The topological polar surface area (TPSA) is 43.4 Å². The molecule has 0 saturated carbocycles. The third kappa shape index (κ3) is 16.8. The molecule has 0 N–H and O–H groups in total. The van der Waals surface area contributed by atoms with Crippen molar-refractivity contribution < 1.29 is 14.3 Å². The summed E-state index contributed by atoms with van der Waals surface area (Å²) >= 11 is 0. The van der Waals surface area contributed by atoms with Crippen LogP contribution in [0.1, 0.15) is 90.9 Å². The molecule has 0 aromatic rings. The van der Waals surface area contributed by atoms with Gasteiger partial charge in [0.2, 0.25) is 0 Å². The average Bonchev–Trinajstić information content (AvgIpc) is 2.53. The fourth-order valence-corrected chi connectivity index (χ4v) is 2.07. The molecule has 3 heteroatoms. The number of ether oxygens (including phenoxy) is 1. The summed E-state index contributed by atoms with van der Waals surface area (Å²) < 4.78 is 4.81. The number of allylic oxidation sites excluding steroid dienone is 4. The fraction of sp³-hybridized carbons (Fsp3) is 0.700. The molecular formula is C20H34O3. The van der Waals surface area contributed by atoms with Gasteiger partial charge in [-0.05, 0) is 38.5 Å². The first-order valence-corrected chi connectivity index (χ1v) is 9.24. The SMILES string of the molecule is CCCCC=CCCCC(=O)OC(=O)CCCC=CCCCC. The summed E-state index contributed by atoms with van der Waals surface area (Å²) in [5.74, 6) is -0.786. The van der Waals surface area contributed by atoms with Crippen molar-refractivity contribution in [3.63, 3.8) is 0 Å². The second kappa shape index (κ2) is 17.0. The molecule has 132 valence electrons. The lowest BCUT2D eigenvalue weighted by Gasteiger charge is -2.01. The van der Waals surface area contributed by atoms with Gasteiger partial charge < -0.3 is 4.74 Å². The van der Waals surface area contributed by atoms with Crippen LogP contribution >= 0.6 is 0 Å². The third-order valence-corrected chi connectivity index (χ3v) is 3.51. The zero-order chi connectivity index (χ0) is 17.2. The molecule has 0 radical (unpaired) electrons. The molecule has 0 saturated heterocycles. The molecule has 0 aliphatic rings. The molecule has 0 unspecified atom stereocenters. The molecule has 0 bridgehead atoms. The highest BCUT2D eigenvalue weighted by Crippen LogP contribution is 2.05. The molecule has 0 aliphatic heterocycles. The second-order valence-corrected chi connectivity index (χ2v) is 5.86. The molecule has 0 aromatic carbocycles. The van der Waals surface area contributed by atoms with Crippen LogP contribution in [0, 0.1) is 0 Å². The summed E-state index contributed by atoms with van der Waals surface area (Å²) in [6, 6.07) is 0. The van der Waals surface area contributed by atoms with Crippen LogP contribution < -0.4 is 0 Å². The lowest BCUT2D eigenvalue weighted by atomic mass is 10.2. The second-order valence-electron chi connectivity index (χ2n) is 5.86. The van der Waals surface area contributed by atoms with Crippen LogP contribution in [0.25, 0.3) is 0 Å². The van der Waals surface area contributed by atoms with Gasteiger partial charge in [0.05, 0.1) is 0 Å². The average molecular weight is 322 g/mol. The van der Waals surface area contributed by atoms with E-state index in [1.807, 2.05) is 0 Å². The molecule has 23 heavy (non-hydrogen) atoms. The fourth-order valence-electron chi connectivity index (χ4n) is 2.07.